The number of aromatic nitrogens is 4. The lowest BCUT2D eigenvalue weighted by Gasteiger charge is -2.33. The van der Waals surface area contributed by atoms with Crippen LogP contribution in [0.1, 0.15) is 44.5 Å². The monoisotopic (exact) mass is 627 g/mol. The number of thiazole rings is 1. The van der Waals surface area contributed by atoms with Gasteiger partial charge in [-0.15, -0.1) is 16.4 Å². The number of carbonyl (C=O) groups excluding carboxylic acids is 1. The summed E-state index contributed by atoms with van der Waals surface area (Å²) >= 11 is 1.53. The van der Waals surface area contributed by atoms with Gasteiger partial charge in [-0.1, -0.05) is 25.1 Å². The number of ether oxygens (including phenoxy) is 1. The van der Waals surface area contributed by atoms with Crippen LogP contribution >= 0.6 is 11.3 Å². The summed E-state index contributed by atoms with van der Waals surface area (Å²) in [6.45, 7) is 5.32. The number of hydrogen-bond acceptors (Lipinski definition) is 9. The van der Waals surface area contributed by atoms with Gasteiger partial charge >= 0.3 is 0 Å². The number of hydrogen-bond donors (Lipinski definition) is 1. The van der Waals surface area contributed by atoms with Gasteiger partial charge in [0.15, 0.2) is 23.2 Å². The number of nitrogens with one attached hydrogen (secondary N) is 1. The van der Waals surface area contributed by atoms with Gasteiger partial charge in [-0.25, -0.2) is 26.9 Å². The summed E-state index contributed by atoms with van der Waals surface area (Å²) in [5.74, 6) is -9.66. The molecular weight excluding hydrogens is 598 g/mol. The molecule has 0 amide bonds. The molecule has 0 saturated heterocycles. The fourth-order valence-electron chi connectivity index (χ4n) is 4.24. The molecule has 0 spiro atoms. The average Bonchev–Trinajstić information content (AvgIpc) is 3.60. The zero-order valence-electron chi connectivity index (χ0n) is 23.2. The van der Waals surface area contributed by atoms with E-state index in [-0.39, 0.29) is 18.4 Å². The first-order valence-electron chi connectivity index (χ1n) is 12.8. The molecule has 2 heterocycles. The van der Waals surface area contributed by atoms with Crippen LogP contribution in [-0.2, 0) is 26.7 Å². The number of rotatable bonds is 13. The zero-order chi connectivity index (χ0) is 30.8. The third-order valence-electron chi connectivity index (χ3n) is 7.14. The SMILES string of the molecule is CC(C)[C@](C)(NCc1ccc2ncsc2c1)c1cn(C(CCS(C)(=O)=O)C(=O)COc2c(F)c(F)cc(F)c2F)nn1. The van der Waals surface area contributed by atoms with Crippen LogP contribution in [0.25, 0.3) is 10.2 Å². The van der Waals surface area contributed by atoms with Gasteiger partial charge < -0.3 is 10.1 Å². The van der Waals surface area contributed by atoms with Crippen LogP contribution in [0.5, 0.6) is 5.75 Å². The summed E-state index contributed by atoms with van der Waals surface area (Å²) in [6, 6.07) is 4.68. The van der Waals surface area contributed by atoms with Crippen LogP contribution in [0.15, 0.2) is 36.0 Å². The van der Waals surface area contributed by atoms with Crippen molar-refractivity contribution >= 4 is 37.2 Å². The number of sulfone groups is 1. The van der Waals surface area contributed by atoms with Gasteiger partial charge in [0.25, 0.3) is 0 Å². The molecule has 226 valence electrons. The van der Waals surface area contributed by atoms with Crippen molar-refractivity contribution in [2.24, 2.45) is 5.92 Å². The Labute approximate surface area is 243 Å². The molecule has 4 aromatic rings. The molecule has 42 heavy (non-hydrogen) atoms. The Morgan fingerprint density at radius 3 is 2.48 bits per heavy atom. The summed E-state index contributed by atoms with van der Waals surface area (Å²) in [5.41, 5.74) is 3.40. The molecule has 2 aromatic carbocycles. The minimum atomic E-state index is -3.53. The number of carbonyl (C=O) groups is 1. The molecule has 4 rings (SSSR count). The van der Waals surface area contributed by atoms with E-state index < -0.39 is 68.6 Å². The van der Waals surface area contributed by atoms with Gasteiger partial charge in [-0.3, -0.25) is 4.79 Å². The third-order valence-corrected chi connectivity index (χ3v) is 8.90. The Morgan fingerprint density at radius 1 is 1.14 bits per heavy atom. The highest BCUT2D eigenvalue weighted by Crippen LogP contribution is 2.30. The third kappa shape index (κ3) is 6.95. The van der Waals surface area contributed by atoms with E-state index >= 15 is 0 Å². The lowest BCUT2D eigenvalue weighted by molar-refractivity contribution is -0.124. The van der Waals surface area contributed by atoms with Gasteiger partial charge in [-0.2, -0.15) is 8.78 Å². The summed E-state index contributed by atoms with van der Waals surface area (Å²) in [4.78, 5) is 17.4. The largest absolute Gasteiger partial charge is 0.479 e. The van der Waals surface area contributed by atoms with Crippen LogP contribution in [0.4, 0.5) is 17.6 Å². The second-order valence-corrected chi connectivity index (χ2v) is 13.6. The first kappa shape index (κ1) is 31.5. The van der Waals surface area contributed by atoms with Crippen molar-refractivity contribution in [3.63, 3.8) is 0 Å². The molecule has 1 unspecified atom stereocenters. The number of ketones is 1. The molecule has 2 aromatic heterocycles. The smallest absolute Gasteiger partial charge is 0.203 e. The molecule has 0 aliphatic rings. The quantitative estimate of drug-likeness (QED) is 0.167. The molecule has 0 fully saturated rings. The highest BCUT2D eigenvalue weighted by Gasteiger charge is 2.35. The molecule has 0 aliphatic carbocycles. The predicted octanol–water partition coefficient (Wildman–Crippen LogP) is 4.73. The van der Waals surface area contributed by atoms with Crippen molar-refractivity contribution in [1.29, 1.82) is 0 Å². The van der Waals surface area contributed by atoms with E-state index in [1.165, 1.54) is 17.5 Å². The standard InChI is InChI=1S/C27H29F4N5O4S2/c1-15(2)27(3,33-11-16-5-6-19-22(9-16)41-14-32-19)23-12-36(35-34-23)20(7-8-42(4,38)39)21(37)13-40-26-24(30)17(28)10-18(29)25(26)31/h5-6,9-10,12,14-15,20,33H,7-8,11,13H2,1-4H3/t20?,27-/m0/s1. The Balaban J connectivity index is 1.57. The summed E-state index contributed by atoms with van der Waals surface area (Å²) in [6.07, 6.45) is 2.22. The van der Waals surface area contributed by atoms with Gasteiger partial charge in [0.2, 0.25) is 11.6 Å². The summed E-state index contributed by atoms with van der Waals surface area (Å²) in [7, 11) is -3.53. The second-order valence-electron chi connectivity index (χ2n) is 10.4. The van der Waals surface area contributed by atoms with Crippen molar-refractivity contribution in [3.8, 4) is 5.75 Å². The molecule has 2 atom stereocenters. The van der Waals surface area contributed by atoms with E-state index in [9.17, 15) is 30.8 Å². The molecule has 0 bridgehead atoms. The Kier molecular flexibility index (Phi) is 9.33. The van der Waals surface area contributed by atoms with Crippen LogP contribution in [0.2, 0.25) is 0 Å². The van der Waals surface area contributed by atoms with E-state index in [2.05, 4.69) is 20.6 Å². The van der Waals surface area contributed by atoms with Crippen molar-refractivity contribution in [2.75, 3.05) is 18.6 Å². The van der Waals surface area contributed by atoms with E-state index in [1.54, 1.807) is 5.51 Å². The molecule has 0 saturated carbocycles. The minimum absolute atomic E-state index is 0.0165. The summed E-state index contributed by atoms with van der Waals surface area (Å²) < 4.78 is 86.1. The van der Waals surface area contributed by atoms with E-state index in [4.69, 9.17) is 4.74 Å². The normalized spacial score (nSPS) is 14.3. The fraction of sp³-hybridized carbons (Fsp3) is 0.407. The van der Waals surface area contributed by atoms with Crippen molar-refractivity contribution in [3.05, 3.63) is 70.5 Å². The van der Waals surface area contributed by atoms with Gasteiger partial charge in [0.05, 0.1) is 33.2 Å². The number of fused-ring (bicyclic) bond motifs is 1. The van der Waals surface area contributed by atoms with E-state index in [0.29, 0.717) is 12.2 Å². The van der Waals surface area contributed by atoms with E-state index in [1.807, 2.05) is 39.0 Å². The van der Waals surface area contributed by atoms with E-state index in [0.717, 1.165) is 26.7 Å². The Bertz CT molecular complexity index is 1680. The molecule has 0 radical (unpaired) electrons. The highest BCUT2D eigenvalue weighted by atomic mass is 32.2. The van der Waals surface area contributed by atoms with Gasteiger partial charge in [0, 0.05) is 18.9 Å². The van der Waals surface area contributed by atoms with Crippen molar-refractivity contribution in [2.45, 2.75) is 45.3 Å². The van der Waals surface area contributed by atoms with Crippen LogP contribution in [0, 0.1) is 29.2 Å². The maximum Gasteiger partial charge on any atom is 0.203 e. The molecule has 9 nitrogen and oxygen atoms in total. The van der Waals surface area contributed by atoms with Gasteiger partial charge in [-0.05, 0) is 37.0 Å². The topological polar surface area (TPSA) is 116 Å². The first-order valence-corrected chi connectivity index (χ1v) is 15.8. The fourth-order valence-corrected chi connectivity index (χ4v) is 5.63. The number of halogens is 4. The van der Waals surface area contributed by atoms with Crippen molar-refractivity contribution < 1.29 is 35.5 Å². The maximum absolute atomic E-state index is 14.1. The van der Waals surface area contributed by atoms with Crippen LogP contribution < -0.4 is 10.1 Å². The number of nitrogens with zero attached hydrogens (tertiary/aromatic N) is 4. The maximum atomic E-state index is 14.1. The van der Waals surface area contributed by atoms with Gasteiger partial charge in [0.1, 0.15) is 28.2 Å². The Hall–Kier alpha value is -3.43. The average molecular weight is 628 g/mol. The van der Waals surface area contributed by atoms with Crippen LogP contribution in [0.3, 0.4) is 0 Å². The summed E-state index contributed by atoms with van der Waals surface area (Å²) in [5, 5.41) is 11.8. The minimum Gasteiger partial charge on any atom is -0.479 e. The molecule has 15 heteroatoms. The molecular formula is C27H29F4N5O4S2. The Morgan fingerprint density at radius 2 is 1.83 bits per heavy atom. The number of Topliss-reactive ketones (excluding diaryl/α,β-unsaturated/α-hetero) is 1. The zero-order valence-corrected chi connectivity index (χ0v) is 24.8. The lowest BCUT2D eigenvalue weighted by Crippen LogP contribution is -2.44. The van der Waals surface area contributed by atoms with Crippen LogP contribution in [-0.4, -0.2) is 52.8 Å². The number of benzene rings is 2. The molecule has 0 aliphatic heterocycles. The highest BCUT2D eigenvalue weighted by molar-refractivity contribution is 7.90. The lowest BCUT2D eigenvalue weighted by atomic mass is 9.85. The predicted molar refractivity (Wildman–Crippen MR) is 149 cm³/mol. The second kappa shape index (κ2) is 12.4. The molecule has 1 N–H and O–H groups in total. The first-order chi connectivity index (χ1) is 19.7. The van der Waals surface area contributed by atoms with Crippen molar-refractivity contribution in [1.82, 2.24) is 25.3 Å².